The first-order valence-electron chi connectivity index (χ1n) is 6.80. The van der Waals surface area contributed by atoms with Gasteiger partial charge in [0.05, 0.1) is 5.69 Å². The molecule has 108 valence electrons. The lowest BCUT2D eigenvalue weighted by molar-refractivity contribution is -0.116. The van der Waals surface area contributed by atoms with Gasteiger partial charge in [0.15, 0.2) is 0 Å². The first-order chi connectivity index (χ1) is 10.3. The van der Waals surface area contributed by atoms with Crippen LogP contribution in [0.5, 0.6) is 0 Å². The van der Waals surface area contributed by atoms with Crippen LogP contribution in [0.3, 0.4) is 0 Å². The van der Waals surface area contributed by atoms with E-state index in [-0.39, 0.29) is 12.5 Å². The second-order valence-corrected chi connectivity index (χ2v) is 5.52. The van der Waals surface area contributed by atoms with Gasteiger partial charge in [-0.2, -0.15) is 0 Å². The molecule has 1 aromatic heterocycles. The number of para-hydroxylation sites is 1. The fraction of sp³-hybridized carbons (Fsp3) is 0.235. The summed E-state index contributed by atoms with van der Waals surface area (Å²) in [5.74, 6) is 5.42. The summed E-state index contributed by atoms with van der Waals surface area (Å²) in [6.07, 6.45) is 2.24. The van der Waals surface area contributed by atoms with Crippen LogP contribution in [-0.4, -0.2) is 17.6 Å². The molecular formula is C17H17NO2S. The van der Waals surface area contributed by atoms with E-state index in [4.69, 9.17) is 5.11 Å². The number of carbonyl (C=O) groups excluding carboxylic acids is 1. The molecule has 0 atom stereocenters. The Morgan fingerprint density at radius 2 is 2.10 bits per heavy atom. The summed E-state index contributed by atoms with van der Waals surface area (Å²) >= 11 is 1.72. The highest BCUT2D eigenvalue weighted by Gasteiger charge is 2.05. The highest BCUT2D eigenvalue weighted by atomic mass is 32.1. The Kier molecular flexibility index (Phi) is 6.01. The fourth-order valence-electron chi connectivity index (χ4n) is 1.93. The zero-order chi connectivity index (χ0) is 14.9. The monoisotopic (exact) mass is 299 g/mol. The van der Waals surface area contributed by atoms with Crippen molar-refractivity contribution < 1.29 is 9.90 Å². The first-order valence-corrected chi connectivity index (χ1v) is 7.68. The van der Waals surface area contributed by atoms with Gasteiger partial charge >= 0.3 is 0 Å². The largest absolute Gasteiger partial charge is 0.384 e. The molecule has 0 radical (unpaired) electrons. The number of hydrogen-bond acceptors (Lipinski definition) is 3. The molecule has 0 saturated heterocycles. The van der Waals surface area contributed by atoms with Gasteiger partial charge in [-0.3, -0.25) is 4.79 Å². The molecule has 0 spiro atoms. The minimum Gasteiger partial charge on any atom is -0.384 e. The molecule has 0 bridgehead atoms. The van der Waals surface area contributed by atoms with Gasteiger partial charge in [-0.1, -0.05) is 30.0 Å². The van der Waals surface area contributed by atoms with E-state index in [1.54, 1.807) is 11.3 Å². The van der Waals surface area contributed by atoms with Gasteiger partial charge in [0.25, 0.3) is 0 Å². The lowest BCUT2D eigenvalue weighted by atomic mass is 10.1. The topological polar surface area (TPSA) is 49.3 Å². The molecule has 0 aliphatic rings. The predicted molar refractivity (Wildman–Crippen MR) is 86.3 cm³/mol. The Morgan fingerprint density at radius 1 is 1.24 bits per heavy atom. The third kappa shape index (κ3) is 5.07. The van der Waals surface area contributed by atoms with Crippen molar-refractivity contribution in [2.75, 3.05) is 11.9 Å². The molecule has 0 aliphatic carbocycles. The van der Waals surface area contributed by atoms with Crippen LogP contribution in [0.1, 0.15) is 23.3 Å². The summed E-state index contributed by atoms with van der Waals surface area (Å²) in [6.45, 7) is -0.191. The Balaban J connectivity index is 1.87. The molecule has 1 heterocycles. The SMILES string of the molecule is O=C(CCCc1cccs1)Nc1ccccc1C#CCO. The molecule has 0 saturated carbocycles. The van der Waals surface area contributed by atoms with Crippen molar-refractivity contribution in [1.29, 1.82) is 0 Å². The van der Waals surface area contributed by atoms with Crippen molar-refractivity contribution in [3.05, 3.63) is 52.2 Å². The maximum Gasteiger partial charge on any atom is 0.224 e. The fourth-order valence-corrected chi connectivity index (χ4v) is 2.68. The Hall–Kier alpha value is -2.09. The van der Waals surface area contributed by atoms with Crippen LogP contribution >= 0.6 is 11.3 Å². The van der Waals surface area contributed by atoms with Gasteiger partial charge in [0.1, 0.15) is 6.61 Å². The number of nitrogens with one attached hydrogen (secondary N) is 1. The van der Waals surface area contributed by atoms with Crippen molar-refractivity contribution >= 4 is 22.9 Å². The standard InChI is InChI=1S/C17H17NO2S/c19-12-4-7-14-6-1-2-10-16(14)18-17(20)11-3-8-15-9-5-13-21-15/h1-2,5-6,9-10,13,19H,3,8,11-12H2,(H,18,20). The second-order valence-electron chi connectivity index (χ2n) is 4.49. The van der Waals surface area contributed by atoms with E-state index < -0.39 is 0 Å². The normalized spacial score (nSPS) is 9.76. The summed E-state index contributed by atoms with van der Waals surface area (Å²) in [4.78, 5) is 13.3. The van der Waals surface area contributed by atoms with Crippen molar-refractivity contribution in [3.8, 4) is 11.8 Å². The summed E-state index contributed by atoms with van der Waals surface area (Å²) in [5, 5.41) is 13.7. The Bertz CT molecular complexity index is 638. The molecular weight excluding hydrogens is 282 g/mol. The van der Waals surface area contributed by atoms with E-state index in [2.05, 4.69) is 23.2 Å². The molecule has 21 heavy (non-hydrogen) atoms. The van der Waals surface area contributed by atoms with Gasteiger partial charge in [-0.25, -0.2) is 0 Å². The number of thiophene rings is 1. The third-order valence-corrected chi connectivity index (χ3v) is 3.85. The molecule has 2 rings (SSSR count). The summed E-state index contributed by atoms with van der Waals surface area (Å²) in [6, 6.07) is 11.5. The lowest BCUT2D eigenvalue weighted by Gasteiger charge is -2.07. The number of benzene rings is 1. The number of carbonyl (C=O) groups is 1. The van der Waals surface area contributed by atoms with Gasteiger partial charge < -0.3 is 10.4 Å². The molecule has 2 aromatic rings. The van der Waals surface area contributed by atoms with Crippen LogP contribution in [0.2, 0.25) is 0 Å². The summed E-state index contributed by atoms with van der Waals surface area (Å²) in [7, 11) is 0. The van der Waals surface area contributed by atoms with Gasteiger partial charge in [-0.05, 0) is 36.4 Å². The van der Waals surface area contributed by atoms with Crippen molar-refractivity contribution in [2.24, 2.45) is 0 Å². The maximum absolute atomic E-state index is 12.0. The molecule has 0 aliphatic heterocycles. The quantitative estimate of drug-likeness (QED) is 0.834. The predicted octanol–water partition coefficient (Wildman–Crippen LogP) is 3.05. The van der Waals surface area contributed by atoms with Crippen molar-refractivity contribution in [1.82, 2.24) is 0 Å². The van der Waals surface area contributed by atoms with Gasteiger partial charge in [-0.15, -0.1) is 11.3 Å². The number of anilines is 1. The highest BCUT2D eigenvalue weighted by molar-refractivity contribution is 7.09. The number of hydrogen-bond donors (Lipinski definition) is 2. The van der Waals surface area contributed by atoms with E-state index in [1.165, 1.54) is 4.88 Å². The number of aryl methyl sites for hydroxylation is 1. The van der Waals surface area contributed by atoms with Crippen LogP contribution in [0.4, 0.5) is 5.69 Å². The molecule has 0 fully saturated rings. The van der Waals surface area contributed by atoms with Crippen LogP contribution in [0, 0.1) is 11.8 Å². The van der Waals surface area contributed by atoms with Crippen LogP contribution < -0.4 is 5.32 Å². The molecule has 1 aromatic carbocycles. The smallest absolute Gasteiger partial charge is 0.224 e. The van der Waals surface area contributed by atoms with E-state index in [0.717, 1.165) is 18.4 Å². The first kappa shape index (κ1) is 15.3. The summed E-state index contributed by atoms with van der Waals surface area (Å²) < 4.78 is 0. The lowest BCUT2D eigenvalue weighted by Crippen LogP contribution is -2.12. The second kappa shape index (κ2) is 8.25. The van der Waals surface area contributed by atoms with Crippen molar-refractivity contribution in [2.45, 2.75) is 19.3 Å². The van der Waals surface area contributed by atoms with Gasteiger partial charge in [0, 0.05) is 16.9 Å². The van der Waals surface area contributed by atoms with Crippen molar-refractivity contribution in [3.63, 3.8) is 0 Å². The molecule has 2 N–H and O–H groups in total. The van der Waals surface area contributed by atoms with Crippen LogP contribution in [0.15, 0.2) is 41.8 Å². The average molecular weight is 299 g/mol. The number of amides is 1. The van der Waals surface area contributed by atoms with Gasteiger partial charge in [0.2, 0.25) is 5.91 Å². The maximum atomic E-state index is 12.0. The molecule has 1 amide bonds. The van der Waals surface area contributed by atoms with Crippen LogP contribution in [-0.2, 0) is 11.2 Å². The van der Waals surface area contributed by atoms with E-state index >= 15 is 0 Å². The van der Waals surface area contributed by atoms with E-state index in [1.807, 2.05) is 35.7 Å². The van der Waals surface area contributed by atoms with Crippen LogP contribution in [0.25, 0.3) is 0 Å². The average Bonchev–Trinajstić information content (AvgIpc) is 2.99. The Morgan fingerprint density at radius 3 is 2.86 bits per heavy atom. The zero-order valence-corrected chi connectivity index (χ0v) is 12.5. The highest BCUT2D eigenvalue weighted by Crippen LogP contribution is 2.15. The molecule has 0 unspecified atom stereocenters. The number of aliphatic hydroxyl groups is 1. The number of aliphatic hydroxyl groups excluding tert-OH is 1. The summed E-state index contributed by atoms with van der Waals surface area (Å²) in [5.41, 5.74) is 1.41. The minimum atomic E-state index is -0.191. The molecule has 4 heteroatoms. The third-order valence-electron chi connectivity index (χ3n) is 2.91. The van der Waals surface area contributed by atoms with E-state index in [9.17, 15) is 4.79 Å². The number of rotatable bonds is 5. The van der Waals surface area contributed by atoms with E-state index in [0.29, 0.717) is 12.1 Å². The zero-order valence-electron chi connectivity index (χ0n) is 11.6. The Labute approximate surface area is 128 Å². The minimum absolute atomic E-state index is 0.00944. The molecule has 3 nitrogen and oxygen atoms in total.